The van der Waals surface area contributed by atoms with Crippen LogP contribution in [-0.4, -0.2) is 50.6 Å². The predicted octanol–water partition coefficient (Wildman–Crippen LogP) is 3.50. The number of carboxylic acid groups (broad SMARTS) is 1. The molecule has 0 amide bonds. The summed E-state index contributed by atoms with van der Waals surface area (Å²) in [4.78, 5) is 10.7. The molecule has 1 heterocycles. The molecule has 2 aliphatic rings. The van der Waals surface area contributed by atoms with E-state index in [1.807, 2.05) is 48.2 Å². The van der Waals surface area contributed by atoms with Crippen LogP contribution in [0.4, 0.5) is 0 Å². The fourth-order valence-corrected chi connectivity index (χ4v) is 6.20. The van der Waals surface area contributed by atoms with Crippen LogP contribution in [0.3, 0.4) is 0 Å². The Hall–Kier alpha value is -1.50. The Kier molecular flexibility index (Phi) is 7.82. The summed E-state index contributed by atoms with van der Waals surface area (Å²) in [6.07, 6.45) is 7.45. The molecule has 0 unspecified atom stereocenters. The number of aliphatic carboxylic acids is 1. The van der Waals surface area contributed by atoms with E-state index in [0.717, 1.165) is 37.9 Å². The van der Waals surface area contributed by atoms with Crippen molar-refractivity contribution in [2.75, 3.05) is 6.61 Å². The zero-order chi connectivity index (χ0) is 19.9. The van der Waals surface area contributed by atoms with E-state index in [1.54, 1.807) is 6.08 Å². The van der Waals surface area contributed by atoms with Gasteiger partial charge in [-0.25, -0.2) is 0 Å². The van der Waals surface area contributed by atoms with Crippen LogP contribution >= 0.6 is 11.8 Å². The van der Waals surface area contributed by atoms with Gasteiger partial charge in [0.2, 0.25) is 0 Å². The van der Waals surface area contributed by atoms with Crippen molar-refractivity contribution in [3.05, 3.63) is 42.5 Å². The molecule has 3 N–H and O–H groups in total. The molecule has 1 saturated carbocycles. The number of aliphatic hydroxyl groups excluding tert-OH is 2. The van der Waals surface area contributed by atoms with Gasteiger partial charge in [-0.3, -0.25) is 4.79 Å². The number of hydrogen-bond acceptors (Lipinski definition) is 5. The van der Waals surface area contributed by atoms with Crippen LogP contribution in [0, 0.1) is 11.8 Å². The lowest BCUT2D eigenvalue weighted by molar-refractivity contribution is -0.137. The lowest BCUT2D eigenvalue weighted by Crippen LogP contribution is -2.27. The molecule has 6 atom stereocenters. The first-order chi connectivity index (χ1) is 13.5. The summed E-state index contributed by atoms with van der Waals surface area (Å²) >= 11 is 1.93. The van der Waals surface area contributed by atoms with E-state index in [0.29, 0.717) is 16.4 Å². The molecule has 1 saturated heterocycles. The van der Waals surface area contributed by atoms with Crippen molar-refractivity contribution in [2.45, 2.75) is 61.2 Å². The first kappa shape index (κ1) is 21.2. The Morgan fingerprint density at radius 1 is 1.29 bits per heavy atom. The monoisotopic (exact) mass is 406 g/mol. The Bertz CT molecular complexity index is 650. The van der Waals surface area contributed by atoms with Crippen molar-refractivity contribution in [1.29, 1.82) is 0 Å². The lowest BCUT2D eigenvalue weighted by atomic mass is 9.88. The fourth-order valence-electron chi connectivity index (χ4n) is 4.31. The average molecular weight is 407 g/mol. The van der Waals surface area contributed by atoms with E-state index in [-0.39, 0.29) is 25.0 Å². The number of aliphatic hydroxyl groups is 2. The number of carboxylic acids is 1. The second-order valence-electron chi connectivity index (χ2n) is 7.78. The van der Waals surface area contributed by atoms with Crippen molar-refractivity contribution in [3.63, 3.8) is 0 Å². The van der Waals surface area contributed by atoms with E-state index in [1.165, 1.54) is 0 Å². The molecular weight excluding hydrogens is 376 g/mol. The standard InChI is InChI=1S/C22H30O5S/c23-15(14-27-16-5-2-1-3-6-16)9-11-18-19-12-10-17(7-4-8-22(25)26)28-21(19)13-20(18)24/h1-3,5-6,9,11,15,17-21,23-24H,4,7-8,10,12-14H2,(H,25,26)/b11-9+/t15-,17+,18-,19-,20-,21+/m1/s1. The maximum atomic E-state index is 10.7. The van der Waals surface area contributed by atoms with Crippen molar-refractivity contribution in [1.82, 2.24) is 0 Å². The molecular formula is C22H30O5S. The van der Waals surface area contributed by atoms with Gasteiger partial charge in [0.25, 0.3) is 0 Å². The molecule has 1 aliphatic heterocycles. The smallest absolute Gasteiger partial charge is 0.303 e. The number of carbonyl (C=O) groups is 1. The zero-order valence-corrected chi connectivity index (χ0v) is 16.8. The molecule has 0 bridgehead atoms. The zero-order valence-electron chi connectivity index (χ0n) is 16.0. The highest BCUT2D eigenvalue weighted by Crippen LogP contribution is 2.49. The summed E-state index contributed by atoms with van der Waals surface area (Å²) in [5, 5.41) is 30.4. The summed E-state index contributed by atoms with van der Waals surface area (Å²) in [7, 11) is 0. The van der Waals surface area contributed by atoms with Crippen molar-refractivity contribution in [3.8, 4) is 5.75 Å². The van der Waals surface area contributed by atoms with Crippen LogP contribution in [0.5, 0.6) is 5.75 Å². The maximum absolute atomic E-state index is 10.7. The van der Waals surface area contributed by atoms with Crippen molar-refractivity contribution in [2.24, 2.45) is 11.8 Å². The van der Waals surface area contributed by atoms with Crippen molar-refractivity contribution < 1.29 is 24.9 Å². The van der Waals surface area contributed by atoms with Gasteiger partial charge in [-0.2, -0.15) is 11.8 Å². The molecule has 28 heavy (non-hydrogen) atoms. The topological polar surface area (TPSA) is 87.0 Å². The number of thioether (sulfide) groups is 1. The summed E-state index contributed by atoms with van der Waals surface area (Å²) < 4.78 is 5.58. The van der Waals surface area contributed by atoms with E-state index in [2.05, 4.69) is 0 Å². The molecule has 6 heteroatoms. The number of para-hydroxylation sites is 1. The van der Waals surface area contributed by atoms with E-state index < -0.39 is 12.1 Å². The molecule has 1 aromatic rings. The highest BCUT2D eigenvalue weighted by Gasteiger charge is 2.44. The predicted molar refractivity (Wildman–Crippen MR) is 111 cm³/mol. The summed E-state index contributed by atoms with van der Waals surface area (Å²) in [6, 6.07) is 9.41. The second-order valence-corrected chi connectivity index (χ2v) is 9.32. The normalized spacial score (nSPS) is 30.9. The van der Waals surface area contributed by atoms with E-state index in [4.69, 9.17) is 9.84 Å². The minimum atomic E-state index is -0.727. The molecule has 3 rings (SSSR count). The Labute approximate surface area is 170 Å². The third-order valence-electron chi connectivity index (χ3n) is 5.72. The van der Waals surface area contributed by atoms with Gasteiger partial charge in [-0.05, 0) is 50.2 Å². The Balaban J connectivity index is 1.46. The number of ether oxygens (including phenoxy) is 1. The first-order valence-electron chi connectivity index (χ1n) is 10.1. The summed E-state index contributed by atoms with van der Waals surface area (Å²) in [5.41, 5.74) is 0. The van der Waals surface area contributed by atoms with Gasteiger partial charge >= 0.3 is 5.97 Å². The molecule has 0 spiro atoms. The highest BCUT2D eigenvalue weighted by atomic mass is 32.2. The van der Waals surface area contributed by atoms with Gasteiger partial charge in [0, 0.05) is 22.8 Å². The molecule has 1 aromatic carbocycles. The first-order valence-corrected chi connectivity index (χ1v) is 11.1. The van der Waals surface area contributed by atoms with Gasteiger partial charge in [-0.1, -0.05) is 30.4 Å². The summed E-state index contributed by atoms with van der Waals surface area (Å²) in [6.45, 7) is 0.192. The largest absolute Gasteiger partial charge is 0.491 e. The lowest BCUT2D eigenvalue weighted by Gasteiger charge is -2.33. The number of rotatable bonds is 9. The molecule has 154 valence electrons. The molecule has 1 aliphatic carbocycles. The maximum Gasteiger partial charge on any atom is 0.303 e. The molecule has 2 fully saturated rings. The number of fused-ring (bicyclic) bond motifs is 1. The number of hydrogen-bond donors (Lipinski definition) is 3. The second kappa shape index (κ2) is 10.3. The third kappa shape index (κ3) is 6.00. The van der Waals surface area contributed by atoms with E-state index >= 15 is 0 Å². The van der Waals surface area contributed by atoms with Gasteiger partial charge in [0.1, 0.15) is 18.5 Å². The molecule has 5 nitrogen and oxygen atoms in total. The van der Waals surface area contributed by atoms with Crippen LogP contribution in [0.2, 0.25) is 0 Å². The minimum Gasteiger partial charge on any atom is -0.491 e. The molecule has 0 aromatic heterocycles. The third-order valence-corrected chi connectivity index (χ3v) is 7.46. The van der Waals surface area contributed by atoms with Gasteiger partial charge in [-0.15, -0.1) is 0 Å². The fraction of sp³-hybridized carbons (Fsp3) is 0.591. The van der Waals surface area contributed by atoms with Crippen molar-refractivity contribution >= 4 is 17.7 Å². The van der Waals surface area contributed by atoms with Gasteiger partial charge in [0.15, 0.2) is 0 Å². The highest BCUT2D eigenvalue weighted by molar-refractivity contribution is 8.00. The van der Waals surface area contributed by atoms with Gasteiger partial charge in [0.05, 0.1) is 6.10 Å². The van der Waals surface area contributed by atoms with E-state index in [9.17, 15) is 15.0 Å². The van der Waals surface area contributed by atoms with Gasteiger partial charge < -0.3 is 20.1 Å². The molecule has 0 radical (unpaired) electrons. The summed E-state index contributed by atoms with van der Waals surface area (Å²) in [5.74, 6) is 0.501. The van der Waals surface area contributed by atoms with Crippen LogP contribution in [0.1, 0.15) is 38.5 Å². The van der Waals surface area contributed by atoms with Crippen LogP contribution in [0.15, 0.2) is 42.5 Å². The average Bonchev–Trinajstić information content (AvgIpc) is 2.99. The Morgan fingerprint density at radius 2 is 2.07 bits per heavy atom. The SMILES string of the molecule is O=C(O)CCC[C@H]1CC[C@@H]2[C@@H](/C=C/[C@@H](O)COc3ccccc3)[C@H](O)C[C@@H]2S1. The quantitative estimate of drug-likeness (QED) is 0.544. The minimum absolute atomic E-state index is 0.0730. The Morgan fingerprint density at radius 3 is 2.82 bits per heavy atom. The number of benzene rings is 1. The van der Waals surface area contributed by atoms with Crippen LogP contribution < -0.4 is 4.74 Å². The van der Waals surface area contributed by atoms with Crippen LogP contribution in [0.25, 0.3) is 0 Å². The van der Waals surface area contributed by atoms with Crippen LogP contribution in [-0.2, 0) is 4.79 Å².